The summed E-state index contributed by atoms with van der Waals surface area (Å²) < 4.78 is 10.5. The molecule has 0 aromatic heterocycles. The fourth-order valence-electron chi connectivity index (χ4n) is 4.64. The number of allylic oxidation sites excluding steroid dienone is 4. The third-order valence-corrected chi connectivity index (χ3v) is 8.16. The molecule has 6 nitrogen and oxygen atoms in total. The minimum atomic E-state index is -0.0760. The number of alkyl halides is 1. The van der Waals surface area contributed by atoms with Crippen molar-refractivity contribution >= 4 is 34.5 Å². The number of nitrogens with two attached hydrogens (primary N) is 1. The van der Waals surface area contributed by atoms with Gasteiger partial charge in [0.2, 0.25) is 0 Å². The summed E-state index contributed by atoms with van der Waals surface area (Å²) in [6.45, 7) is 9.43. The van der Waals surface area contributed by atoms with E-state index in [4.69, 9.17) is 5.73 Å². The second-order valence-corrected chi connectivity index (χ2v) is 14.2. The van der Waals surface area contributed by atoms with Gasteiger partial charge in [0, 0.05) is 18.9 Å². The lowest BCUT2D eigenvalue weighted by atomic mass is 10.1. The summed E-state index contributed by atoms with van der Waals surface area (Å²) in [4.78, 5) is 21.8. The SMILES string of the molecule is CC(C)N.COC(=O)CCCCCCCCC/C=C\CCCCI.COC(=O)CCCCCCCCC/C=C\CCCCNC(C)C. The Morgan fingerprint density at radius 2 is 0.851 bits per heavy atom. The molecule has 0 aromatic rings. The molecule has 0 saturated carbocycles. The van der Waals surface area contributed by atoms with E-state index in [-0.39, 0.29) is 11.9 Å². The van der Waals surface area contributed by atoms with E-state index in [9.17, 15) is 9.59 Å². The summed E-state index contributed by atoms with van der Waals surface area (Å²) in [5.41, 5.74) is 5.11. The molecule has 0 radical (unpaired) electrons. The quantitative estimate of drug-likeness (QED) is 0.0248. The van der Waals surface area contributed by atoms with Crippen molar-refractivity contribution in [2.75, 3.05) is 25.2 Å². The zero-order valence-corrected chi connectivity index (χ0v) is 34.1. The summed E-state index contributed by atoms with van der Waals surface area (Å²) in [5, 5.41) is 3.45. The van der Waals surface area contributed by atoms with E-state index < -0.39 is 0 Å². The molecular formula is C40H79IN2O4. The first-order valence-electron chi connectivity index (χ1n) is 19.2. The average Bonchev–Trinajstić information content (AvgIpc) is 3.04. The molecular weight excluding hydrogens is 699 g/mol. The summed E-state index contributed by atoms with van der Waals surface area (Å²) in [6, 6.07) is 0.943. The van der Waals surface area contributed by atoms with Crippen molar-refractivity contribution in [2.24, 2.45) is 5.73 Å². The van der Waals surface area contributed by atoms with Crippen LogP contribution in [0.3, 0.4) is 0 Å². The van der Waals surface area contributed by atoms with Crippen LogP contribution in [0.1, 0.15) is 182 Å². The van der Waals surface area contributed by atoms with Crippen molar-refractivity contribution in [3.8, 4) is 0 Å². The molecule has 280 valence electrons. The Hall–Kier alpha value is -0.930. The second-order valence-electron chi connectivity index (χ2n) is 13.2. The number of methoxy groups -OCH3 is 2. The van der Waals surface area contributed by atoms with Crippen LogP contribution < -0.4 is 11.1 Å². The number of hydrogen-bond acceptors (Lipinski definition) is 6. The van der Waals surface area contributed by atoms with Gasteiger partial charge in [-0.3, -0.25) is 9.59 Å². The van der Waals surface area contributed by atoms with Crippen molar-refractivity contribution in [1.29, 1.82) is 0 Å². The predicted octanol–water partition coefficient (Wildman–Crippen LogP) is 11.6. The predicted molar refractivity (Wildman–Crippen MR) is 214 cm³/mol. The van der Waals surface area contributed by atoms with Crippen LogP contribution in [0.25, 0.3) is 0 Å². The number of nitrogens with one attached hydrogen (secondary N) is 1. The smallest absolute Gasteiger partial charge is 0.305 e. The molecule has 0 heterocycles. The molecule has 0 saturated heterocycles. The van der Waals surface area contributed by atoms with Gasteiger partial charge in [-0.05, 0) is 94.1 Å². The molecule has 0 spiro atoms. The number of carbonyl (C=O) groups excluding carboxylic acids is 2. The number of unbranched alkanes of at least 4 members (excludes halogenated alkanes) is 18. The van der Waals surface area contributed by atoms with Gasteiger partial charge in [0.1, 0.15) is 0 Å². The van der Waals surface area contributed by atoms with Crippen molar-refractivity contribution in [1.82, 2.24) is 5.32 Å². The molecule has 47 heavy (non-hydrogen) atoms. The maximum absolute atomic E-state index is 10.9. The first-order chi connectivity index (χ1) is 22.7. The highest BCUT2D eigenvalue weighted by Crippen LogP contribution is 2.12. The lowest BCUT2D eigenvalue weighted by Crippen LogP contribution is -2.23. The Kier molecular flexibility index (Phi) is 48.4. The van der Waals surface area contributed by atoms with Crippen LogP contribution in [0.2, 0.25) is 0 Å². The first kappa shape index (κ1) is 50.4. The fourth-order valence-corrected chi connectivity index (χ4v) is 5.18. The van der Waals surface area contributed by atoms with E-state index in [1.165, 1.54) is 134 Å². The fraction of sp³-hybridized carbons (Fsp3) is 0.850. The summed E-state index contributed by atoms with van der Waals surface area (Å²) in [5.74, 6) is -0.150. The van der Waals surface area contributed by atoms with Gasteiger partial charge in [-0.25, -0.2) is 0 Å². The maximum atomic E-state index is 10.9. The second kappa shape index (κ2) is 45.1. The number of ether oxygens (including phenoxy) is 2. The summed E-state index contributed by atoms with van der Waals surface area (Å²) in [7, 11) is 2.92. The zero-order valence-electron chi connectivity index (χ0n) is 31.9. The van der Waals surface area contributed by atoms with Crippen LogP contribution in [0.5, 0.6) is 0 Å². The number of rotatable bonds is 30. The highest BCUT2D eigenvalue weighted by atomic mass is 127. The lowest BCUT2D eigenvalue weighted by molar-refractivity contribution is -0.141. The van der Waals surface area contributed by atoms with Gasteiger partial charge >= 0.3 is 11.9 Å². The molecule has 0 atom stereocenters. The Labute approximate surface area is 306 Å². The lowest BCUT2D eigenvalue weighted by Gasteiger charge is -2.06. The van der Waals surface area contributed by atoms with Crippen molar-refractivity contribution in [3.05, 3.63) is 24.3 Å². The third-order valence-electron chi connectivity index (χ3n) is 7.40. The summed E-state index contributed by atoms with van der Waals surface area (Å²) in [6.07, 6.45) is 38.1. The molecule has 0 amide bonds. The topological polar surface area (TPSA) is 90.7 Å². The molecule has 0 aromatic carbocycles. The van der Waals surface area contributed by atoms with Crippen molar-refractivity contribution in [3.63, 3.8) is 0 Å². The van der Waals surface area contributed by atoms with Gasteiger partial charge < -0.3 is 20.5 Å². The van der Waals surface area contributed by atoms with Crippen LogP contribution in [0.15, 0.2) is 24.3 Å². The Morgan fingerprint density at radius 1 is 0.553 bits per heavy atom. The van der Waals surface area contributed by atoms with E-state index in [0.29, 0.717) is 24.9 Å². The van der Waals surface area contributed by atoms with Gasteiger partial charge in [-0.2, -0.15) is 0 Å². The van der Waals surface area contributed by atoms with E-state index in [2.05, 4.69) is 75.5 Å². The third kappa shape index (κ3) is 57.7. The Balaban J connectivity index is -0.000000744. The van der Waals surface area contributed by atoms with Crippen LogP contribution in [0, 0.1) is 0 Å². The van der Waals surface area contributed by atoms with E-state index in [1.54, 1.807) is 0 Å². The standard InChI is InChI=1S/C20H39NO2.C17H31IO2.C3H9N/c1-19(2)21-18-16-14-12-10-8-6-4-5-7-9-11-13-15-17-20(22)23-3;1-20-17(19)15-13-11-9-7-5-3-2-4-6-8-10-12-14-16-18;1-3(2)4/h8,10,19,21H,4-7,9,11-18H2,1-3H3;6,8H,2-5,7,9-16H2,1H3;3H,4H2,1-2H3/b10-8-;8-6-;. The van der Waals surface area contributed by atoms with Gasteiger partial charge in [-0.1, -0.05) is 139 Å². The van der Waals surface area contributed by atoms with Gasteiger partial charge in [0.15, 0.2) is 0 Å². The monoisotopic (exact) mass is 779 g/mol. The van der Waals surface area contributed by atoms with Gasteiger partial charge in [0.05, 0.1) is 14.2 Å². The minimum absolute atomic E-state index is 0.0738. The number of esters is 2. The number of halogens is 1. The highest BCUT2D eigenvalue weighted by Gasteiger charge is 2.00. The van der Waals surface area contributed by atoms with Crippen LogP contribution in [-0.2, 0) is 19.1 Å². The molecule has 0 fully saturated rings. The first-order valence-corrected chi connectivity index (χ1v) is 20.7. The Morgan fingerprint density at radius 3 is 1.17 bits per heavy atom. The van der Waals surface area contributed by atoms with Gasteiger partial charge in [-0.15, -0.1) is 0 Å². The molecule has 0 aliphatic rings. The average molecular weight is 779 g/mol. The van der Waals surface area contributed by atoms with Crippen molar-refractivity contribution < 1.29 is 19.1 Å². The van der Waals surface area contributed by atoms with E-state index in [0.717, 1.165) is 32.2 Å². The molecule has 0 rings (SSSR count). The maximum Gasteiger partial charge on any atom is 0.305 e. The number of hydrogen-bond donors (Lipinski definition) is 2. The van der Waals surface area contributed by atoms with E-state index in [1.807, 2.05) is 13.8 Å². The number of carbonyl (C=O) groups is 2. The van der Waals surface area contributed by atoms with Crippen molar-refractivity contribution in [2.45, 2.75) is 194 Å². The molecule has 7 heteroatoms. The van der Waals surface area contributed by atoms with Crippen LogP contribution in [0.4, 0.5) is 0 Å². The molecule has 0 aliphatic carbocycles. The summed E-state index contributed by atoms with van der Waals surface area (Å²) >= 11 is 2.44. The normalized spacial score (nSPS) is 11.1. The zero-order chi connectivity index (χ0) is 35.6. The molecule has 3 N–H and O–H groups in total. The van der Waals surface area contributed by atoms with Gasteiger partial charge in [0.25, 0.3) is 0 Å². The largest absolute Gasteiger partial charge is 0.469 e. The van der Waals surface area contributed by atoms with Crippen LogP contribution >= 0.6 is 22.6 Å². The molecule has 0 unspecified atom stereocenters. The van der Waals surface area contributed by atoms with E-state index >= 15 is 0 Å². The highest BCUT2D eigenvalue weighted by molar-refractivity contribution is 14.1. The molecule has 0 bridgehead atoms. The molecule has 0 aliphatic heterocycles. The van der Waals surface area contributed by atoms with Crippen LogP contribution in [-0.4, -0.2) is 49.2 Å². The Bertz CT molecular complexity index is 680. The minimum Gasteiger partial charge on any atom is -0.469 e.